The molecule has 1 N–H and O–H groups in total. The second-order valence-electron chi connectivity index (χ2n) is 5.42. The van der Waals surface area contributed by atoms with Crippen molar-refractivity contribution in [2.75, 3.05) is 0 Å². The SMILES string of the molecule is Cc1c(C(=O)NS(=O)(=O)c2cccc(Cl)c2)nnn1-c1ccc(Cl)cc1Cl. The van der Waals surface area contributed by atoms with Crippen molar-refractivity contribution in [3.05, 3.63) is 68.9 Å². The Kier molecular flexibility index (Phi) is 5.43. The van der Waals surface area contributed by atoms with E-state index in [1.54, 1.807) is 19.1 Å². The van der Waals surface area contributed by atoms with Gasteiger partial charge in [0.2, 0.25) is 0 Å². The van der Waals surface area contributed by atoms with Crippen LogP contribution in [0.1, 0.15) is 16.2 Å². The first-order chi connectivity index (χ1) is 12.7. The largest absolute Gasteiger partial charge is 0.287 e. The Balaban J connectivity index is 1.91. The zero-order valence-corrected chi connectivity index (χ0v) is 16.7. The fourth-order valence-electron chi connectivity index (χ4n) is 2.28. The van der Waals surface area contributed by atoms with E-state index in [0.717, 1.165) is 0 Å². The van der Waals surface area contributed by atoms with Gasteiger partial charge in [-0.1, -0.05) is 46.1 Å². The van der Waals surface area contributed by atoms with Gasteiger partial charge in [0.1, 0.15) is 0 Å². The second kappa shape index (κ2) is 7.47. The Morgan fingerprint density at radius 3 is 2.44 bits per heavy atom. The van der Waals surface area contributed by atoms with Gasteiger partial charge >= 0.3 is 0 Å². The Morgan fingerprint density at radius 2 is 1.78 bits per heavy atom. The summed E-state index contributed by atoms with van der Waals surface area (Å²) >= 11 is 17.8. The third kappa shape index (κ3) is 4.08. The van der Waals surface area contributed by atoms with Gasteiger partial charge < -0.3 is 0 Å². The van der Waals surface area contributed by atoms with Gasteiger partial charge in [-0.2, -0.15) is 0 Å². The van der Waals surface area contributed by atoms with Crippen molar-refractivity contribution in [3.63, 3.8) is 0 Å². The lowest BCUT2D eigenvalue weighted by Gasteiger charge is -2.08. The van der Waals surface area contributed by atoms with Crippen molar-refractivity contribution in [1.29, 1.82) is 0 Å². The average Bonchev–Trinajstić information content (AvgIpc) is 2.96. The van der Waals surface area contributed by atoms with Crippen LogP contribution in [0.4, 0.5) is 0 Å². The Hall–Kier alpha value is -2.13. The van der Waals surface area contributed by atoms with E-state index in [1.807, 2.05) is 4.72 Å². The molecule has 0 bridgehead atoms. The van der Waals surface area contributed by atoms with E-state index < -0.39 is 15.9 Å². The first-order valence-electron chi connectivity index (χ1n) is 7.39. The number of nitrogens with one attached hydrogen (secondary N) is 1. The molecular formula is C16H11Cl3N4O3S. The highest BCUT2D eigenvalue weighted by Gasteiger charge is 2.24. The number of carbonyl (C=O) groups is 1. The van der Waals surface area contributed by atoms with Gasteiger partial charge in [0, 0.05) is 10.0 Å². The number of amides is 1. The number of rotatable bonds is 4. The summed E-state index contributed by atoms with van der Waals surface area (Å²) in [5.41, 5.74) is 0.590. The van der Waals surface area contributed by atoms with Gasteiger partial charge in [-0.3, -0.25) is 4.79 Å². The van der Waals surface area contributed by atoms with Gasteiger partial charge in [-0.15, -0.1) is 5.10 Å². The van der Waals surface area contributed by atoms with Gasteiger partial charge in [-0.25, -0.2) is 17.8 Å². The number of hydrogen-bond donors (Lipinski definition) is 1. The normalized spacial score (nSPS) is 11.4. The van der Waals surface area contributed by atoms with Crippen LogP contribution in [0.15, 0.2) is 47.4 Å². The molecule has 1 heterocycles. The molecule has 0 fully saturated rings. The molecule has 3 rings (SSSR count). The number of aromatic nitrogens is 3. The van der Waals surface area contributed by atoms with Crippen LogP contribution in [0, 0.1) is 6.92 Å². The summed E-state index contributed by atoms with van der Waals surface area (Å²) in [5.74, 6) is -0.927. The van der Waals surface area contributed by atoms with E-state index in [0.29, 0.717) is 21.4 Å². The van der Waals surface area contributed by atoms with Gasteiger partial charge in [0.25, 0.3) is 15.9 Å². The molecule has 0 unspecified atom stereocenters. The van der Waals surface area contributed by atoms with Crippen LogP contribution in [-0.2, 0) is 10.0 Å². The standard InChI is InChI=1S/C16H11Cl3N4O3S/c1-9-15(20-22-23(9)14-6-5-11(18)8-13(14)19)16(24)21-27(25,26)12-4-2-3-10(17)7-12/h2-8H,1H3,(H,21,24). The van der Waals surface area contributed by atoms with Crippen molar-refractivity contribution in [3.8, 4) is 5.69 Å². The molecule has 0 aliphatic carbocycles. The van der Waals surface area contributed by atoms with Crippen molar-refractivity contribution in [2.45, 2.75) is 11.8 Å². The van der Waals surface area contributed by atoms with E-state index in [1.165, 1.54) is 35.0 Å². The molecular weight excluding hydrogens is 435 g/mol. The minimum Gasteiger partial charge on any atom is -0.266 e. The number of halogens is 3. The fourth-order valence-corrected chi connectivity index (χ4v) is 4.03. The topological polar surface area (TPSA) is 93.9 Å². The summed E-state index contributed by atoms with van der Waals surface area (Å²) < 4.78 is 28.0. The van der Waals surface area contributed by atoms with Gasteiger partial charge in [-0.05, 0) is 43.3 Å². The number of sulfonamides is 1. The van der Waals surface area contributed by atoms with Crippen LogP contribution in [0.25, 0.3) is 5.69 Å². The Labute approximate surface area is 169 Å². The molecule has 2 aromatic carbocycles. The molecule has 140 valence electrons. The molecule has 11 heteroatoms. The van der Waals surface area contributed by atoms with Crippen LogP contribution in [-0.4, -0.2) is 29.3 Å². The predicted octanol–water partition coefficient (Wildman–Crippen LogP) is 3.65. The summed E-state index contributed by atoms with van der Waals surface area (Å²) in [5, 5.41) is 8.61. The number of carbonyl (C=O) groups excluding carboxylic acids is 1. The maximum absolute atomic E-state index is 12.4. The third-order valence-corrected chi connectivity index (χ3v) is 5.68. The Bertz CT molecular complexity index is 1150. The van der Waals surface area contributed by atoms with Gasteiger partial charge in [0.15, 0.2) is 5.69 Å². The molecule has 1 amide bonds. The lowest BCUT2D eigenvalue weighted by Crippen LogP contribution is -2.31. The van der Waals surface area contributed by atoms with Crippen LogP contribution in [0.3, 0.4) is 0 Å². The first kappa shape index (κ1) is 19.6. The number of hydrogen-bond acceptors (Lipinski definition) is 5. The molecule has 27 heavy (non-hydrogen) atoms. The predicted molar refractivity (Wildman–Crippen MR) is 102 cm³/mol. The summed E-state index contributed by atoms with van der Waals surface area (Å²) in [6.07, 6.45) is 0. The average molecular weight is 446 g/mol. The lowest BCUT2D eigenvalue weighted by atomic mass is 10.3. The molecule has 0 aliphatic heterocycles. The lowest BCUT2D eigenvalue weighted by molar-refractivity contribution is 0.0976. The number of benzene rings is 2. The van der Waals surface area contributed by atoms with Crippen molar-refractivity contribution in [1.82, 2.24) is 19.7 Å². The molecule has 0 spiro atoms. The quantitative estimate of drug-likeness (QED) is 0.661. The van der Waals surface area contributed by atoms with Crippen LogP contribution in [0.2, 0.25) is 15.1 Å². The van der Waals surface area contributed by atoms with Crippen molar-refractivity contribution in [2.24, 2.45) is 0 Å². The second-order valence-corrected chi connectivity index (χ2v) is 8.39. The molecule has 0 aliphatic rings. The Morgan fingerprint density at radius 1 is 1.07 bits per heavy atom. The zero-order chi connectivity index (χ0) is 19.8. The van der Waals surface area contributed by atoms with Crippen LogP contribution in [0.5, 0.6) is 0 Å². The fraction of sp³-hybridized carbons (Fsp3) is 0.0625. The van der Waals surface area contributed by atoms with E-state index >= 15 is 0 Å². The molecule has 1 aromatic heterocycles. The molecule has 0 saturated heterocycles. The molecule has 3 aromatic rings. The summed E-state index contributed by atoms with van der Waals surface area (Å²) in [6, 6.07) is 10.3. The van der Waals surface area contributed by atoms with Crippen molar-refractivity contribution < 1.29 is 13.2 Å². The van der Waals surface area contributed by atoms with Crippen LogP contribution < -0.4 is 4.72 Å². The van der Waals surface area contributed by atoms with E-state index in [4.69, 9.17) is 34.8 Å². The van der Waals surface area contributed by atoms with Gasteiger partial charge in [0.05, 0.1) is 21.3 Å². The highest BCUT2D eigenvalue weighted by molar-refractivity contribution is 7.90. The maximum Gasteiger partial charge on any atom is 0.287 e. The smallest absolute Gasteiger partial charge is 0.266 e. The van der Waals surface area contributed by atoms with E-state index in [2.05, 4.69) is 10.3 Å². The third-order valence-electron chi connectivity index (χ3n) is 3.58. The molecule has 0 saturated carbocycles. The highest BCUT2D eigenvalue weighted by Crippen LogP contribution is 2.25. The highest BCUT2D eigenvalue weighted by atomic mass is 35.5. The van der Waals surface area contributed by atoms with E-state index in [9.17, 15) is 13.2 Å². The minimum atomic E-state index is -4.12. The van der Waals surface area contributed by atoms with Crippen LogP contribution >= 0.6 is 34.8 Å². The molecule has 7 nitrogen and oxygen atoms in total. The van der Waals surface area contributed by atoms with Crippen molar-refractivity contribution >= 4 is 50.7 Å². The maximum atomic E-state index is 12.4. The zero-order valence-electron chi connectivity index (χ0n) is 13.6. The minimum absolute atomic E-state index is 0.144. The van der Waals surface area contributed by atoms with E-state index in [-0.39, 0.29) is 15.6 Å². The first-order valence-corrected chi connectivity index (χ1v) is 10.0. The monoisotopic (exact) mass is 444 g/mol. The molecule has 0 radical (unpaired) electrons. The summed E-state index contributed by atoms with van der Waals surface area (Å²) in [6.45, 7) is 1.56. The number of nitrogens with zero attached hydrogens (tertiary/aromatic N) is 3. The molecule has 0 atom stereocenters. The summed E-state index contributed by atoms with van der Waals surface area (Å²) in [4.78, 5) is 12.3. The summed E-state index contributed by atoms with van der Waals surface area (Å²) in [7, 11) is -4.12.